The summed E-state index contributed by atoms with van der Waals surface area (Å²) in [6.45, 7) is 13.3. The number of piperazine rings is 1. The highest BCUT2D eigenvalue weighted by Crippen LogP contribution is 2.33. The number of carbonyl (C=O) groups excluding carboxylic acids is 1. The van der Waals surface area contributed by atoms with Gasteiger partial charge in [0.15, 0.2) is 0 Å². The normalized spacial score (nSPS) is 14.0. The van der Waals surface area contributed by atoms with Gasteiger partial charge in [-0.3, -0.25) is 9.59 Å². The second-order valence-corrected chi connectivity index (χ2v) is 8.44. The third-order valence-corrected chi connectivity index (χ3v) is 5.93. The fourth-order valence-corrected chi connectivity index (χ4v) is 3.78. The number of fused-ring (bicyclic) bond motifs is 1. The van der Waals surface area contributed by atoms with E-state index in [-0.39, 0.29) is 11.5 Å². The van der Waals surface area contributed by atoms with Crippen LogP contribution in [-0.2, 0) is 23.8 Å². The summed E-state index contributed by atoms with van der Waals surface area (Å²) in [5.74, 6) is 1.08. The summed E-state index contributed by atoms with van der Waals surface area (Å²) in [6.07, 6.45) is 1.64. The van der Waals surface area contributed by atoms with Crippen molar-refractivity contribution in [2.24, 2.45) is 0 Å². The SMILES string of the molecule is CC.CCC(=O)N1CCN(c2ccc(C#N)cn2)CC1.CCCC.O=c1[nH]nc2c(c1C(F)(F)F)CCC2. The van der Waals surface area contributed by atoms with Gasteiger partial charge in [0.2, 0.25) is 5.91 Å². The Bertz CT molecular complexity index is 1080. The summed E-state index contributed by atoms with van der Waals surface area (Å²) in [7, 11) is 0. The van der Waals surface area contributed by atoms with E-state index in [0.717, 1.165) is 32.0 Å². The van der Waals surface area contributed by atoms with Crippen molar-refractivity contribution in [2.45, 2.75) is 79.3 Å². The highest BCUT2D eigenvalue weighted by molar-refractivity contribution is 5.76. The molecule has 0 bridgehead atoms. The van der Waals surface area contributed by atoms with Crippen LogP contribution in [0.15, 0.2) is 23.1 Å². The smallest absolute Gasteiger partial charge is 0.353 e. The number of nitrogens with zero attached hydrogens (tertiary/aromatic N) is 5. The number of H-pyrrole nitrogens is 1. The maximum Gasteiger partial charge on any atom is 0.422 e. The molecule has 0 radical (unpaired) electrons. The van der Waals surface area contributed by atoms with Gasteiger partial charge in [0.25, 0.3) is 5.56 Å². The van der Waals surface area contributed by atoms with Gasteiger partial charge in [-0.05, 0) is 37.0 Å². The zero-order valence-corrected chi connectivity index (χ0v) is 23.0. The van der Waals surface area contributed by atoms with Crippen LogP contribution in [0.25, 0.3) is 0 Å². The van der Waals surface area contributed by atoms with Gasteiger partial charge >= 0.3 is 6.18 Å². The average Bonchev–Trinajstić information content (AvgIpc) is 3.42. The van der Waals surface area contributed by atoms with E-state index in [1.54, 1.807) is 12.3 Å². The summed E-state index contributed by atoms with van der Waals surface area (Å²) < 4.78 is 37.4. The van der Waals surface area contributed by atoms with Gasteiger partial charge < -0.3 is 9.80 Å². The van der Waals surface area contributed by atoms with Crippen molar-refractivity contribution in [3.63, 3.8) is 0 Å². The highest BCUT2D eigenvalue weighted by Gasteiger charge is 2.39. The van der Waals surface area contributed by atoms with E-state index in [1.165, 1.54) is 12.8 Å². The first-order valence-corrected chi connectivity index (χ1v) is 13.2. The predicted molar refractivity (Wildman–Crippen MR) is 142 cm³/mol. The molecular formula is C27H39F3N6O2. The minimum Gasteiger partial charge on any atom is -0.353 e. The molecule has 2 aliphatic rings. The number of aromatic nitrogens is 3. The molecule has 1 aliphatic heterocycles. The number of unbranched alkanes of at least 4 members (excludes halogenated alkanes) is 1. The molecule has 1 fully saturated rings. The van der Waals surface area contributed by atoms with Crippen LogP contribution in [0.5, 0.6) is 0 Å². The number of hydrogen-bond donors (Lipinski definition) is 1. The molecule has 4 rings (SSSR count). The maximum atomic E-state index is 12.5. The summed E-state index contributed by atoms with van der Waals surface area (Å²) in [5, 5.41) is 14.2. The lowest BCUT2D eigenvalue weighted by molar-refractivity contribution is -0.139. The maximum absolute atomic E-state index is 12.5. The van der Waals surface area contributed by atoms with E-state index in [1.807, 2.05) is 36.8 Å². The van der Waals surface area contributed by atoms with Gasteiger partial charge in [0.1, 0.15) is 17.5 Å². The molecule has 2 aromatic rings. The van der Waals surface area contributed by atoms with Crippen LogP contribution >= 0.6 is 0 Å². The molecule has 1 aliphatic carbocycles. The fourth-order valence-electron chi connectivity index (χ4n) is 3.78. The van der Waals surface area contributed by atoms with E-state index in [9.17, 15) is 22.8 Å². The minimum absolute atomic E-state index is 0.0706. The first-order valence-electron chi connectivity index (χ1n) is 13.2. The molecule has 1 N–H and O–H groups in total. The number of anilines is 1. The van der Waals surface area contributed by atoms with Crippen molar-refractivity contribution < 1.29 is 18.0 Å². The average molecular weight is 537 g/mol. The molecule has 0 atom stereocenters. The first kappa shape index (κ1) is 32.6. The van der Waals surface area contributed by atoms with Crippen LogP contribution in [0.1, 0.15) is 82.7 Å². The summed E-state index contributed by atoms with van der Waals surface area (Å²) in [5.41, 5.74) is -1.20. The second-order valence-electron chi connectivity index (χ2n) is 8.44. The quantitative estimate of drug-likeness (QED) is 0.584. The number of nitriles is 1. The number of aromatic amines is 1. The summed E-state index contributed by atoms with van der Waals surface area (Å²) in [4.78, 5) is 30.8. The van der Waals surface area contributed by atoms with Gasteiger partial charge in [-0.1, -0.05) is 47.5 Å². The molecule has 38 heavy (non-hydrogen) atoms. The number of alkyl halides is 3. The number of aryl methyl sites for hydroxylation is 1. The van der Waals surface area contributed by atoms with Crippen LogP contribution in [-0.4, -0.2) is 52.2 Å². The molecule has 1 saturated heterocycles. The van der Waals surface area contributed by atoms with Gasteiger partial charge in [-0.2, -0.15) is 23.5 Å². The molecule has 0 unspecified atom stereocenters. The molecule has 0 saturated carbocycles. The number of carbonyl (C=O) groups is 1. The van der Waals surface area contributed by atoms with Crippen LogP contribution in [0.2, 0.25) is 0 Å². The van der Waals surface area contributed by atoms with Gasteiger partial charge in [-0.15, -0.1) is 0 Å². The minimum atomic E-state index is -4.58. The summed E-state index contributed by atoms with van der Waals surface area (Å²) >= 11 is 0. The lowest BCUT2D eigenvalue weighted by atomic mass is 10.1. The molecule has 210 valence electrons. The Kier molecular flexibility index (Phi) is 14.1. The van der Waals surface area contributed by atoms with Gasteiger partial charge in [-0.25, -0.2) is 10.1 Å². The van der Waals surface area contributed by atoms with Crippen LogP contribution in [0.4, 0.5) is 19.0 Å². The van der Waals surface area contributed by atoms with E-state index in [0.29, 0.717) is 36.9 Å². The van der Waals surface area contributed by atoms with Gasteiger partial charge in [0.05, 0.1) is 11.3 Å². The number of rotatable bonds is 3. The molecule has 1 amide bonds. The van der Waals surface area contributed by atoms with Crippen molar-refractivity contribution in [3.05, 3.63) is 51.1 Å². The van der Waals surface area contributed by atoms with E-state index in [2.05, 4.69) is 34.9 Å². The van der Waals surface area contributed by atoms with E-state index < -0.39 is 17.3 Å². The zero-order valence-electron chi connectivity index (χ0n) is 23.0. The number of halogens is 3. The Morgan fingerprint density at radius 3 is 2.18 bits per heavy atom. The highest BCUT2D eigenvalue weighted by atomic mass is 19.4. The van der Waals surface area contributed by atoms with Gasteiger partial charge in [0, 0.05) is 38.8 Å². The Morgan fingerprint density at radius 2 is 1.71 bits per heavy atom. The van der Waals surface area contributed by atoms with Crippen molar-refractivity contribution in [2.75, 3.05) is 31.1 Å². The summed E-state index contributed by atoms with van der Waals surface area (Å²) in [6, 6.07) is 5.68. The first-order chi connectivity index (χ1) is 18.2. The number of nitrogens with one attached hydrogen (secondary N) is 1. The third kappa shape index (κ3) is 9.47. The monoisotopic (exact) mass is 536 g/mol. The molecule has 0 aromatic carbocycles. The molecule has 11 heteroatoms. The van der Waals surface area contributed by atoms with E-state index in [4.69, 9.17) is 5.26 Å². The van der Waals surface area contributed by atoms with Crippen LogP contribution in [0, 0.1) is 11.3 Å². The Morgan fingerprint density at radius 1 is 1.08 bits per heavy atom. The lowest BCUT2D eigenvalue weighted by Gasteiger charge is -2.35. The van der Waals surface area contributed by atoms with Crippen molar-refractivity contribution >= 4 is 11.7 Å². The molecule has 3 heterocycles. The lowest BCUT2D eigenvalue weighted by Crippen LogP contribution is -2.48. The Labute approximate surface area is 222 Å². The largest absolute Gasteiger partial charge is 0.422 e. The van der Waals surface area contributed by atoms with Crippen molar-refractivity contribution in [1.82, 2.24) is 20.1 Å². The number of amides is 1. The Balaban J connectivity index is 0.000000321. The fraction of sp³-hybridized carbons (Fsp3) is 0.593. The predicted octanol–water partition coefficient (Wildman–Crippen LogP) is 5.12. The second kappa shape index (κ2) is 16.4. The van der Waals surface area contributed by atoms with Crippen molar-refractivity contribution in [3.8, 4) is 6.07 Å². The molecule has 0 spiro atoms. The number of hydrogen-bond acceptors (Lipinski definition) is 6. The third-order valence-electron chi connectivity index (χ3n) is 5.93. The van der Waals surface area contributed by atoms with Crippen molar-refractivity contribution in [1.29, 1.82) is 5.26 Å². The Hall–Kier alpha value is -3.42. The molecule has 8 nitrogen and oxygen atoms in total. The topological polar surface area (TPSA) is 106 Å². The molecule has 2 aromatic heterocycles. The molecular weight excluding hydrogens is 497 g/mol. The standard InChI is InChI=1S/C13H16N4O.C8H7F3N2O.C4H10.C2H6/c1-2-13(18)17-7-5-16(6-8-17)12-4-3-11(9-14)10-15-12;9-8(10,11)6-4-2-1-3-5(4)12-13-7(6)14;1-3-4-2;1-2/h3-4,10H,2,5-8H2,1H3;1-3H2,(H,13,14);3-4H2,1-2H3;1-2H3. The number of pyridine rings is 1. The van der Waals surface area contributed by atoms with Crippen LogP contribution in [0.3, 0.4) is 0 Å². The van der Waals surface area contributed by atoms with E-state index >= 15 is 0 Å². The van der Waals surface area contributed by atoms with Crippen LogP contribution < -0.4 is 10.5 Å². The zero-order chi connectivity index (χ0) is 28.7.